The Balaban J connectivity index is 2.82. The van der Waals surface area contributed by atoms with Crippen LogP contribution < -0.4 is 5.32 Å². The summed E-state index contributed by atoms with van der Waals surface area (Å²) in [6.45, 7) is 1.56. The molecule has 3 amide bonds. The lowest BCUT2D eigenvalue weighted by atomic mass is 10.1. The Hall–Kier alpha value is -2.57. The molecule has 0 heterocycles. The highest BCUT2D eigenvalue weighted by Gasteiger charge is 2.16. The molecule has 0 aliphatic carbocycles. The minimum atomic E-state index is -1.06. The topological polar surface area (TPSA) is 90.0 Å². The minimum Gasteiger partial charge on any atom is -0.478 e. The number of nitrogens with one attached hydrogen (secondary N) is 1. The number of hydrogen-bond donors (Lipinski definition) is 2. The third-order valence-electron chi connectivity index (χ3n) is 3.02. The highest BCUT2D eigenvalue weighted by molar-refractivity contribution is 5.96. The molecule has 1 rings (SSSR count). The van der Waals surface area contributed by atoms with E-state index in [-0.39, 0.29) is 18.0 Å². The van der Waals surface area contributed by atoms with Crippen LogP contribution in [0, 0.1) is 6.92 Å². The number of benzene rings is 1. The van der Waals surface area contributed by atoms with Gasteiger partial charge in [-0.2, -0.15) is 0 Å². The summed E-state index contributed by atoms with van der Waals surface area (Å²) in [4.78, 5) is 37.2. The summed E-state index contributed by atoms with van der Waals surface area (Å²) < 4.78 is 0. The number of carboxylic acid groups (broad SMARTS) is 1. The SMILES string of the molecule is Cc1c(NC(=O)N(C)CC(=O)N(C)C)cccc1C(=O)O. The number of likely N-dealkylation sites (N-methyl/N-ethyl adjacent to an activating group) is 2. The largest absolute Gasteiger partial charge is 0.478 e. The smallest absolute Gasteiger partial charge is 0.336 e. The predicted molar refractivity (Wildman–Crippen MR) is 78.5 cm³/mol. The number of carboxylic acids is 1. The number of anilines is 1. The Morgan fingerprint density at radius 1 is 1.19 bits per heavy atom. The average Bonchev–Trinajstić information content (AvgIpc) is 2.40. The van der Waals surface area contributed by atoms with E-state index in [0.717, 1.165) is 0 Å². The van der Waals surface area contributed by atoms with Crippen molar-refractivity contribution in [3.8, 4) is 0 Å². The van der Waals surface area contributed by atoms with Gasteiger partial charge in [0.05, 0.1) is 5.56 Å². The van der Waals surface area contributed by atoms with Gasteiger partial charge in [0.25, 0.3) is 0 Å². The standard InChI is InChI=1S/C14H19N3O4/c1-9-10(13(19)20)6-5-7-11(9)15-14(21)17(4)8-12(18)16(2)3/h5-7H,8H2,1-4H3,(H,15,21)(H,19,20). The molecule has 0 saturated carbocycles. The summed E-state index contributed by atoms with van der Waals surface area (Å²) in [6, 6.07) is 4.15. The van der Waals surface area contributed by atoms with Crippen molar-refractivity contribution in [3.05, 3.63) is 29.3 Å². The summed E-state index contributed by atoms with van der Waals surface area (Å²) in [7, 11) is 4.70. The van der Waals surface area contributed by atoms with Crippen molar-refractivity contribution in [2.75, 3.05) is 33.0 Å². The molecule has 0 aliphatic heterocycles. The van der Waals surface area contributed by atoms with Crippen LogP contribution in [-0.2, 0) is 4.79 Å². The molecule has 2 N–H and O–H groups in total. The molecule has 21 heavy (non-hydrogen) atoms. The van der Waals surface area contributed by atoms with Crippen LogP contribution in [0.5, 0.6) is 0 Å². The number of nitrogens with zero attached hydrogens (tertiary/aromatic N) is 2. The number of hydrogen-bond acceptors (Lipinski definition) is 3. The highest BCUT2D eigenvalue weighted by atomic mass is 16.4. The molecule has 7 heteroatoms. The van der Waals surface area contributed by atoms with E-state index in [1.54, 1.807) is 33.2 Å². The molecule has 0 fully saturated rings. The average molecular weight is 293 g/mol. The van der Waals surface area contributed by atoms with Crippen LogP contribution in [0.2, 0.25) is 0 Å². The van der Waals surface area contributed by atoms with Gasteiger partial charge in [-0.3, -0.25) is 4.79 Å². The third-order valence-corrected chi connectivity index (χ3v) is 3.02. The zero-order valence-electron chi connectivity index (χ0n) is 12.5. The number of aromatic carboxylic acids is 1. The Bertz CT molecular complexity index is 569. The van der Waals surface area contributed by atoms with Crippen molar-refractivity contribution in [1.82, 2.24) is 9.80 Å². The normalized spacial score (nSPS) is 9.90. The lowest BCUT2D eigenvalue weighted by Crippen LogP contribution is -2.40. The van der Waals surface area contributed by atoms with Crippen molar-refractivity contribution in [1.29, 1.82) is 0 Å². The van der Waals surface area contributed by atoms with Crippen LogP contribution >= 0.6 is 0 Å². The maximum Gasteiger partial charge on any atom is 0.336 e. The van der Waals surface area contributed by atoms with E-state index in [9.17, 15) is 14.4 Å². The molecule has 0 aromatic heterocycles. The van der Waals surface area contributed by atoms with Gasteiger partial charge in [0.1, 0.15) is 6.54 Å². The molecule has 0 atom stereocenters. The second-order valence-corrected chi connectivity index (χ2v) is 4.86. The second-order valence-electron chi connectivity index (χ2n) is 4.86. The maximum atomic E-state index is 12.0. The Kier molecular flexibility index (Phi) is 5.29. The highest BCUT2D eigenvalue weighted by Crippen LogP contribution is 2.19. The third kappa shape index (κ3) is 4.20. The lowest BCUT2D eigenvalue weighted by molar-refractivity contribution is -0.129. The Morgan fingerprint density at radius 2 is 1.81 bits per heavy atom. The Labute approximate surface area is 123 Å². The number of carbonyl (C=O) groups is 3. The van der Waals surface area contributed by atoms with E-state index in [4.69, 9.17) is 5.11 Å². The van der Waals surface area contributed by atoms with Crippen molar-refractivity contribution >= 4 is 23.6 Å². The molecule has 0 unspecified atom stereocenters. The van der Waals surface area contributed by atoms with Gasteiger partial charge < -0.3 is 20.2 Å². The van der Waals surface area contributed by atoms with Crippen LogP contribution in [0.3, 0.4) is 0 Å². The van der Waals surface area contributed by atoms with Gasteiger partial charge in [0.15, 0.2) is 0 Å². The van der Waals surface area contributed by atoms with Crippen LogP contribution in [0.25, 0.3) is 0 Å². The van der Waals surface area contributed by atoms with Crippen molar-refractivity contribution in [2.45, 2.75) is 6.92 Å². The van der Waals surface area contributed by atoms with Crippen molar-refractivity contribution in [2.24, 2.45) is 0 Å². The molecule has 0 bridgehead atoms. The van der Waals surface area contributed by atoms with Crippen LogP contribution in [0.1, 0.15) is 15.9 Å². The van der Waals surface area contributed by atoms with E-state index in [0.29, 0.717) is 11.3 Å². The number of amides is 3. The molecule has 0 radical (unpaired) electrons. The van der Waals surface area contributed by atoms with Gasteiger partial charge in [-0.05, 0) is 24.6 Å². The summed E-state index contributed by atoms with van der Waals surface area (Å²) >= 11 is 0. The molecule has 0 aliphatic rings. The minimum absolute atomic E-state index is 0.0590. The molecule has 0 spiro atoms. The summed E-state index contributed by atoms with van der Waals surface area (Å²) in [5, 5.41) is 11.6. The molecular formula is C14H19N3O4. The fourth-order valence-electron chi connectivity index (χ4n) is 1.63. The number of carbonyl (C=O) groups excluding carboxylic acids is 2. The van der Waals surface area contributed by atoms with Gasteiger partial charge in [-0.25, -0.2) is 9.59 Å². The van der Waals surface area contributed by atoms with E-state index in [1.165, 1.54) is 22.9 Å². The zero-order chi connectivity index (χ0) is 16.2. The van der Waals surface area contributed by atoms with Crippen LogP contribution in [0.15, 0.2) is 18.2 Å². The van der Waals surface area contributed by atoms with Crippen LogP contribution in [0.4, 0.5) is 10.5 Å². The number of urea groups is 1. The molecule has 7 nitrogen and oxygen atoms in total. The summed E-state index contributed by atoms with van der Waals surface area (Å²) in [6.07, 6.45) is 0. The Morgan fingerprint density at radius 3 is 2.33 bits per heavy atom. The first kappa shape index (κ1) is 16.5. The van der Waals surface area contributed by atoms with Gasteiger partial charge in [0.2, 0.25) is 5.91 Å². The molecule has 1 aromatic carbocycles. The first-order valence-electron chi connectivity index (χ1n) is 6.29. The maximum absolute atomic E-state index is 12.0. The fourth-order valence-corrected chi connectivity index (χ4v) is 1.63. The second kappa shape index (κ2) is 6.74. The quantitative estimate of drug-likeness (QED) is 0.874. The first-order chi connectivity index (χ1) is 9.73. The van der Waals surface area contributed by atoms with Gasteiger partial charge in [-0.15, -0.1) is 0 Å². The van der Waals surface area contributed by atoms with Crippen LogP contribution in [-0.4, -0.2) is 60.5 Å². The molecule has 0 saturated heterocycles. The van der Waals surface area contributed by atoms with E-state index in [1.807, 2.05) is 0 Å². The lowest BCUT2D eigenvalue weighted by Gasteiger charge is -2.20. The van der Waals surface area contributed by atoms with E-state index >= 15 is 0 Å². The van der Waals surface area contributed by atoms with Gasteiger partial charge in [-0.1, -0.05) is 6.07 Å². The van der Waals surface area contributed by atoms with Crippen molar-refractivity contribution < 1.29 is 19.5 Å². The first-order valence-corrected chi connectivity index (χ1v) is 6.29. The van der Waals surface area contributed by atoms with Gasteiger partial charge in [0, 0.05) is 26.8 Å². The number of rotatable bonds is 4. The van der Waals surface area contributed by atoms with Crippen molar-refractivity contribution in [3.63, 3.8) is 0 Å². The monoisotopic (exact) mass is 293 g/mol. The fraction of sp³-hybridized carbons (Fsp3) is 0.357. The van der Waals surface area contributed by atoms with Gasteiger partial charge >= 0.3 is 12.0 Å². The predicted octanol–water partition coefficient (Wildman–Crippen LogP) is 1.25. The molecular weight excluding hydrogens is 274 g/mol. The van der Waals surface area contributed by atoms with E-state index < -0.39 is 12.0 Å². The van der Waals surface area contributed by atoms with E-state index in [2.05, 4.69) is 5.32 Å². The summed E-state index contributed by atoms with van der Waals surface area (Å²) in [5.41, 5.74) is 0.995. The summed E-state index contributed by atoms with van der Waals surface area (Å²) in [5.74, 6) is -1.26. The zero-order valence-corrected chi connectivity index (χ0v) is 12.5. The molecule has 1 aromatic rings. The molecule has 114 valence electrons.